The molecule has 2 rings (SSSR count). The van der Waals surface area contributed by atoms with Crippen molar-refractivity contribution in [3.8, 4) is 0 Å². The SMILES string of the molecule is CONC(=O)c1ccccc1NS(=O)(=O)c1cc(C)ccc1C. The lowest BCUT2D eigenvalue weighted by atomic mass is 10.2. The molecule has 0 aliphatic carbocycles. The van der Waals surface area contributed by atoms with Gasteiger partial charge < -0.3 is 0 Å². The minimum atomic E-state index is -3.81. The van der Waals surface area contributed by atoms with Gasteiger partial charge in [-0.3, -0.25) is 14.4 Å². The molecule has 2 aromatic carbocycles. The lowest BCUT2D eigenvalue weighted by molar-refractivity contribution is 0.0538. The van der Waals surface area contributed by atoms with Gasteiger partial charge in [0.2, 0.25) is 0 Å². The number of hydroxylamine groups is 1. The zero-order chi connectivity index (χ0) is 17.0. The van der Waals surface area contributed by atoms with Crippen LogP contribution in [0.25, 0.3) is 0 Å². The summed E-state index contributed by atoms with van der Waals surface area (Å²) in [6.07, 6.45) is 0. The second-order valence-electron chi connectivity index (χ2n) is 5.06. The Labute approximate surface area is 135 Å². The Bertz CT molecular complexity index is 832. The third-order valence-electron chi connectivity index (χ3n) is 3.24. The molecule has 122 valence electrons. The first-order valence-electron chi connectivity index (χ1n) is 6.87. The number of rotatable bonds is 5. The quantitative estimate of drug-likeness (QED) is 0.822. The van der Waals surface area contributed by atoms with Gasteiger partial charge in [-0.2, -0.15) is 0 Å². The van der Waals surface area contributed by atoms with Gasteiger partial charge in [-0.05, 0) is 43.2 Å². The molecule has 0 fully saturated rings. The van der Waals surface area contributed by atoms with Gasteiger partial charge in [0, 0.05) is 0 Å². The number of carbonyl (C=O) groups excluding carboxylic acids is 1. The highest BCUT2D eigenvalue weighted by Crippen LogP contribution is 2.23. The number of sulfonamides is 1. The van der Waals surface area contributed by atoms with Gasteiger partial charge in [0.1, 0.15) is 0 Å². The average Bonchev–Trinajstić information content (AvgIpc) is 2.50. The lowest BCUT2D eigenvalue weighted by Gasteiger charge is -2.14. The van der Waals surface area contributed by atoms with Gasteiger partial charge in [-0.15, -0.1) is 0 Å². The Morgan fingerprint density at radius 1 is 1.09 bits per heavy atom. The van der Waals surface area contributed by atoms with Gasteiger partial charge in [-0.25, -0.2) is 13.9 Å². The highest BCUT2D eigenvalue weighted by atomic mass is 32.2. The fourth-order valence-electron chi connectivity index (χ4n) is 2.11. The molecule has 0 heterocycles. The monoisotopic (exact) mass is 334 g/mol. The van der Waals surface area contributed by atoms with Crippen LogP contribution in [0.3, 0.4) is 0 Å². The molecule has 7 heteroatoms. The lowest BCUT2D eigenvalue weighted by Crippen LogP contribution is -2.24. The smallest absolute Gasteiger partial charge is 0.276 e. The Morgan fingerprint density at radius 3 is 2.48 bits per heavy atom. The molecule has 2 aromatic rings. The maximum atomic E-state index is 12.6. The van der Waals surface area contributed by atoms with Crippen molar-refractivity contribution in [2.24, 2.45) is 0 Å². The predicted octanol–water partition coefficient (Wildman–Crippen LogP) is 2.40. The number of nitrogens with one attached hydrogen (secondary N) is 2. The molecule has 2 N–H and O–H groups in total. The van der Waals surface area contributed by atoms with Gasteiger partial charge in [0.05, 0.1) is 23.3 Å². The highest BCUT2D eigenvalue weighted by Gasteiger charge is 2.20. The summed E-state index contributed by atoms with van der Waals surface area (Å²) < 4.78 is 27.7. The third-order valence-corrected chi connectivity index (χ3v) is 4.75. The number of amides is 1. The first-order valence-corrected chi connectivity index (χ1v) is 8.36. The largest absolute Gasteiger partial charge is 0.279 e. The first kappa shape index (κ1) is 17.0. The normalized spacial score (nSPS) is 11.1. The van der Waals surface area contributed by atoms with E-state index in [1.807, 2.05) is 13.0 Å². The molecule has 0 bridgehead atoms. The molecule has 6 nitrogen and oxygen atoms in total. The summed E-state index contributed by atoms with van der Waals surface area (Å²) in [6, 6.07) is 11.5. The Balaban J connectivity index is 2.42. The van der Waals surface area contributed by atoms with Crippen molar-refractivity contribution in [2.45, 2.75) is 18.7 Å². The number of carbonyl (C=O) groups is 1. The van der Waals surface area contributed by atoms with Crippen LogP contribution in [0.5, 0.6) is 0 Å². The van der Waals surface area contributed by atoms with Gasteiger partial charge in [0.15, 0.2) is 0 Å². The molecule has 0 unspecified atom stereocenters. The van der Waals surface area contributed by atoms with E-state index in [9.17, 15) is 13.2 Å². The summed E-state index contributed by atoms with van der Waals surface area (Å²) in [7, 11) is -2.50. The third kappa shape index (κ3) is 3.88. The van der Waals surface area contributed by atoms with Crippen LogP contribution in [-0.4, -0.2) is 21.4 Å². The van der Waals surface area contributed by atoms with Crippen molar-refractivity contribution in [1.29, 1.82) is 0 Å². The van der Waals surface area contributed by atoms with E-state index < -0.39 is 15.9 Å². The maximum absolute atomic E-state index is 12.6. The molecular formula is C16H18N2O4S. The molecule has 0 aromatic heterocycles. The molecule has 23 heavy (non-hydrogen) atoms. The summed E-state index contributed by atoms with van der Waals surface area (Å²) in [4.78, 5) is 16.7. The van der Waals surface area contributed by atoms with E-state index >= 15 is 0 Å². The van der Waals surface area contributed by atoms with Crippen LogP contribution in [-0.2, 0) is 14.9 Å². The topological polar surface area (TPSA) is 84.5 Å². The van der Waals surface area contributed by atoms with Crippen molar-refractivity contribution in [2.75, 3.05) is 11.8 Å². The maximum Gasteiger partial charge on any atom is 0.276 e. The van der Waals surface area contributed by atoms with E-state index in [-0.39, 0.29) is 16.1 Å². The Kier molecular flexibility index (Phi) is 5.02. The molecule has 0 saturated heterocycles. The zero-order valence-corrected chi connectivity index (χ0v) is 13.9. The minimum Gasteiger partial charge on any atom is -0.279 e. The van der Waals surface area contributed by atoms with Crippen LogP contribution in [0.4, 0.5) is 5.69 Å². The van der Waals surface area contributed by atoms with Crippen LogP contribution in [0.15, 0.2) is 47.4 Å². The van der Waals surface area contributed by atoms with Crippen molar-refractivity contribution in [3.05, 3.63) is 59.2 Å². The number of hydrogen-bond donors (Lipinski definition) is 2. The highest BCUT2D eigenvalue weighted by molar-refractivity contribution is 7.92. The molecule has 0 aliphatic rings. The van der Waals surface area contributed by atoms with E-state index in [0.717, 1.165) is 5.56 Å². The fourth-order valence-corrected chi connectivity index (χ4v) is 3.52. The van der Waals surface area contributed by atoms with Crippen LogP contribution in [0, 0.1) is 13.8 Å². The number of aryl methyl sites for hydroxylation is 2. The zero-order valence-electron chi connectivity index (χ0n) is 13.1. The second kappa shape index (κ2) is 6.80. The summed E-state index contributed by atoms with van der Waals surface area (Å²) in [6.45, 7) is 3.54. The molecular weight excluding hydrogens is 316 g/mol. The Hall–Kier alpha value is -2.38. The van der Waals surface area contributed by atoms with Crippen molar-refractivity contribution < 1.29 is 18.0 Å². The minimum absolute atomic E-state index is 0.170. The second-order valence-corrected chi connectivity index (χ2v) is 6.71. The van der Waals surface area contributed by atoms with Crippen LogP contribution in [0.1, 0.15) is 21.5 Å². The van der Waals surface area contributed by atoms with Crippen LogP contribution < -0.4 is 10.2 Å². The van der Waals surface area contributed by atoms with E-state index in [4.69, 9.17) is 0 Å². The van der Waals surface area contributed by atoms with Gasteiger partial charge in [0.25, 0.3) is 15.9 Å². The van der Waals surface area contributed by atoms with E-state index in [1.165, 1.54) is 19.2 Å². The Morgan fingerprint density at radius 2 is 1.78 bits per heavy atom. The fraction of sp³-hybridized carbons (Fsp3) is 0.188. The number of anilines is 1. The summed E-state index contributed by atoms with van der Waals surface area (Å²) in [5, 5.41) is 0. The molecule has 0 atom stereocenters. The van der Waals surface area contributed by atoms with Crippen molar-refractivity contribution >= 4 is 21.6 Å². The molecule has 0 aliphatic heterocycles. The predicted molar refractivity (Wildman–Crippen MR) is 87.6 cm³/mol. The van der Waals surface area contributed by atoms with E-state index in [1.54, 1.807) is 31.2 Å². The summed E-state index contributed by atoms with van der Waals surface area (Å²) >= 11 is 0. The first-order chi connectivity index (χ1) is 10.8. The van der Waals surface area contributed by atoms with Crippen LogP contribution >= 0.6 is 0 Å². The molecule has 1 amide bonds. The standard InChI is InChI=1S/C16H18N2O4S/c1-11-8-9-12(2)15(10-11)23(20,21)18-14-7-5-4-6-13(14)16(19)17-22-3/h4-10,18H,1-3H3,(H,17,19). The van der Waals surface area contributed by atoms with E-state index in [2.05, 4.69) is 15.0 Å². The van der Waals surface area contributed by atoms with Crippen molar-refractivity contribution in [3.63, 3.8) is 0 Å². The van der Waals surface area contributed by atoms with Crippen LogP contribution in [0.2, 0.25) is 0 Å². The van der Waals surface area contributed by atoms with Gasteiger partial charge in [-0.1, -0.05) is 24.3 Å². The number of benzene rings is 2. The molecule has 0 spiro atoms. The average molecular weight is 334 g/mol. The molecule has 0 saturated carbocycles. The number of hydrogen-bond acceptors (Lipinski definition) is 4. The van der Waals surface area contributed by atoms with E-state index in [0.29, 0.717) is 5.56 Å². The number of para-hydroxylation sites is 1. The summed E-state index contributed by atoms with van der Waals surface area (Å²) in [5.41, 5.74) is 3.99. The van der Waals surface area contributed by atoms with Crippen molar-refractivity contribution in [1.82, 2.24) is 5.48 Å². The van der Waals surface area contributed by atoms with Gasteiger partial charge >= 0.3 is 0 Å². The molecule has 0 radical (unpaired) electrons. The summed E-state index contributed by atoms with van der Waals surface area (Å²) in [5.74, 6) is -0.535.